The monoisotopic (exact) mass is 555 g/mol. The molecule has 0 spiro atoms. The highest BCUT2D eigenvalue weighted by Crippen LogP contribution is 2.40. The fourth-order valence-electron chi connectivity index (χ4n) is 2.96. The lowest BCUT2D eigenvalue weighted by molar-refractivity contribution is -0.113. The number of benzene rings is 2. The third-order valence-corrected chi connectivity index (χ3v) is 6.42. The Bertz CT molecular complexity index is 1340. The summed E-state index contributed by atoms with van der Waals surface area (Å²) >= 11 is 24.5. The molecule has 34 heavy (non-hydrogen) atoms. The van der Waals surface area contributed by atoms with Gasteiger partial charge in [-0.25, -0.2) is 4.98 Å². The maximum Gasteiger partial charge on any atom is 0.270 e. The molecular formula is C22H13Cl3FN3O3S2. The van der Waals surface area contributed by atoms with Crippen molar-refractivity contribution in [2.24, 2.45) is 0 Å². The molecule has 0 unspecified atom stereocenters. The van der Waals surface area contributed by atoms with Gasteiger partial charge in [-0.05, 0) is 60.5 Å². The molecule has 4 rings (SSSR count). The lowest BCUT2D eigenvalue weighted by Gasteiger charge is -2.16. The van der Waals surface area contributed by atoms with Crippen molar-refractivity contribution in [3.05, 3.63) is 74.2 Å². The van der Waals surface area contributed by atoms with Crippen molar-refractivity contribution >= 4 is 80.8 Å². The number of rotatable bonds is 6. The number of hydrogen-bond donors (Lipinski definition) is 0. The highest BCUT2D eigenvalue weighted by atomic mass is 35.5. The number of anilines is 1. The van der Waals surface area contributed by atoms with Crippen molar-refractivity contribution in [1.29, 1.82) is 0 Å². The van der Waals surface area contributed by atoms with E-state index in [0.29, 0.717) is 42.9 Å². The molecule has 1 amide bonds. The molecule has 0 N–H and O–H groups in total. The average Bonchev–Trinajstić information content (AvgIpc) is 3.05. The summed E-state index contributed by atoms with van der Waals surface area (Å²) < 4.78 is 25.5. The van der Waals surface area contributed by atoms with E-state index in [1.165, 1.54) is 4.90 Å². The van der Waals surface area contributed by atoms with Gasteiger partial charge in [-0.3, -0.25) is 9.69 Å². The lowest BCUT2D eigenvalue weighted by Crippen LogP contribution is -2.27. The number of halogens is 4. The molecule has 1 aromatic heterocycles. The summed E-state index contributed by atoms with van der Waals surface area (Å²) in [6.07, 6.45) is 2.58. The summed E-state index contributed by atoms with van der Waals surface area (Å²) in [5, 5.41) is 0.598. The van der Waals surface area contributed by atoms with Gasteiger partial charge in [0.05, 0.1) is 28.4 Å². The first-order valence-electron chi connectivity index (χ1n) is 9.62. The molecule has 1 aliphatic rings. The Morgan fingerprint density at radius 2 is 1.97 bits per heavy atom. The third-order valence-electron chi connectivity index (χ3n) is 4.40. The van der Waals surface area contributed by atoms with Crippen LogP contribution in [0.4, 0.5) is 10.1 Å². The molecule has 3 aromatic rings. The van der Waals surface area contributed by atoms with Gasteiger partial charge in [0, 0.05) is 5.02 Å². The molecule has 0 bridgehead atoms. The van der Waals surface area contributed by atoms with Crippen LogP contribution in [0.3, 0.4) is 0 Å². The van der Waals surface area contributed by atoms with E-state index in [1.54, 1.807) is 49.4 Å². The molecular weight excluding hydrogens is 544 g/mol. The predicted molar refractivity (Wildman–Crippen MR) is 137 cm³/mol. The van der Waals surface area contributed by atoms with Crippen LogP contribution in [0.1, 0.15) is 12.5 Å². The van der Waals surface area contributed by atoms with Crippen LogP contribution in [0.2, 0.25) is 15.3 Å². The van der Waals surface area contributed by atoms with Crippen LogP contribution in [-0.2, 0) is 4.79 Å². The predicted octanol–water partition coefficient (Wildman–Crippen LogP) is 7.17. The highest BCUT2D eigenvalue weighted by Gasteiger charge is 2.34. The normalized spacial score (nSPS) is 14.7. The molecule has 1 fully saturated rings. The second-order valence-corrected chi connectivity index (χ2v) is 9.50. The molecule has 0 radical (unpaired) electrons. The van der Waals surface area contributed by atoms with Crippen molar-refractivity contribution < 1.29 is 18.7 Å². The fourth-order valence-corrected chi connectivity index (χ4v) is 4.87. The van der Waals surface area contributed by atoms with Gasteiger partial charge >= 0.3 is 0 Å². The number of aromatic nitrogens is 2. The van der Waals surface area contributed by atoms with E-state index >= 15 is 0 Å². The smallest absolute Gasteiger partial charge is 0.270 e. The van der Waals surface area contributed by atoms with Crippen molar-refractivity contribution in [1.82, 2.24) is 9.97 Å². The van der Waals surface area contributed by atoms with Crippen molar-refractivity contribution in [2.75, 3.05) is 11.5 Å². The van der Waals surface area contributed by atoms with E-state index in [0.717, 1.165) is 18.0 Å². The first kappa shape index (κ1) is 24.7. The van der Waals surface area contributed by atoms with Crippen molar-refractivity contribution in [2.45, 2.75) is 6.92 Å². The minimum Gasteiger partial charge on any atom is -0.490 e. The number of thiocarbonyl (C=S) groups is 1. The molecule has 0 saturated carbocycles. The Hall–Kier alpha value is -2.43. The second kappa shape index (κ2) is 10.5. The molecule has 0 aliphatic carbocycles. The first-order valence-corrected chi connectivity index (χ1v) is 12.0. The summed E-state index contributed by atoms with van der Waals surface area (Å²) in [6.45, 7) is 2.11. The lowest BCUT2D eigenvalue weighted by atomic mass is 10.1. The largest absolute Gasteiger partial charge is 0.490 e. The maximum absolute atomic E-state index is 14.0. The maximum atomic E-state index is 14.0. The fraction of sp³-hybridized carbons (Fsp3) is 0.0909. The van der Waals surface area contributed by atoms with Crippen LogP contribution in [0.15, 0.2) is 47.5 Å². The van der Waals surface area contributed by atoms with E-state index in [1.807, 2.05) is 0 Å². The van der Waals surface area contributed by atoms with Gasteiger partial charge in [-0.15, -0.1) is 0 Å². The zero-order valence-electron chi connectivity index (χ0n) is 17.2. The van der Waals surface area contributed by atoms with Crippen molar-refractivity contribution in [3.63, 3.8) is 0 Å². The van der Waals surface area contributed by atoms with Gasteiger partial charge in [0.25, 0.3) is 11.8 Å². The van der Waals surface area contributed by atoms with Crippen LogP contribution < -0.4 is 14.4 Å². The number of carbonyl (C=O) groups is 1. The van der Waals surface area contributed by atoms with E-state index in [-0.39, 0.29) is 22.8 Å². The zero-order valence-corrected chi connectivity index (χ0v) is 21.1. The topological polar surface area (TPSA) is 64.5 Å². The summed E-state index contributed by atoms with van der Waals surface area (Å²) in [4.78, 5) is 22.1. The second-order valence-electron chi connectivity index (χ2n) is 6.65. The van der Waals surface area contributed by atoms with Crippen LogP contribution >= 0.6 is 58.8 Å². The number of ether oxygens (including phenoxy) is 2. The number of nitrogens with zero attached hydrogens (tertiary/aromatic N) is 3. The standard InChI is InChI=1S/C22H13Cl3FN3O3S2/c1-2-31-17-7-11(3-6-16(17)32-19-14(26)10-27-21(25)28-19)8-18-20(30)29(22(33)34-18)15-5-4-12(23)9-13(15)24/h3-10H,2H2,1H3/b18-8-. The Morgan fingerprint density at radius 3 is 2.71 bits per heavy atom. The van der Waals surface area contributed by atoms with E-state index in [9.17, 15) is 9.18 Å². The summed E-state index contributed by atoms with van der Waals surface area (Å²) in [5.41, 5.74) is 1.08. The molecule has 1 saturated heterocycles. The zero-order chi connectivity index (χ0) is 24.4. The average molecular weight is 557 g/mol. The van der Waals surface area contributed by atoms with E-state index < -0.39 is 5.82 Å². The molecule has 2 heterocycles. The molecule has 174 valence electrons. The molecule has 6 nitrogen and oxygen atoms in total. The van der Waals surface area contributed by atoms with Gasteiger partial charge in [-0.2, -0.15) is 9.37 Å². The third kappa shape index (κ3) is 5.29. The minimum absolute atomic E-state index is 0.159. The first-order chi connectivity index (χ1) is 16.3. The summed E-state index contributed by atoms with van der Waals surface area (Å²) in [7, 11) is 0. The van der Waals surface area contributed by atoms with Gasteiger partial charge in [0.1, 0.15) is 0 Å². The highest BCUT2D eigenvalue weighted by molar-refractivity contribution is 8.27. The SMILES string of the molecule is CCOc1cc(/C=C2\SC(=S)N(c3ccc(Cl)cc3Cl)C2=O)ccc1Oc1nc(Cl)ncc1F. The van der Waals surface area contributed by atoms with Crippen LogP contribution in [0, 0.1) is 5.82 Å². The van der Waals surface area contributed by atoms with Crippen LogP contribution in [-0.4, -0.2) is 26.8 Å². The van der Waals surface area contributed by atoms with Gasteiger partial charge in [0.2, 0.25) is 11.1 Å². The van der Waals surface area contributed by atoms with E-state index in [4.69, 9.17) is 56.5 Å². The Balaban J connectivity index is 1.63. The molecule has 2 aromatic carbocycles. The van der Waals surface area contributed by atoms with Gasteiger partial charge in [-0.1, -0.05) is 53.2 Å². The van der Waals surface area contributed by atoms with E-state index in [2.05, 4.69) is 9.97 Å². The Kier molecular flexibility index (Phi) is 7.59. The quantitative estimate of drug-likeness (QED) is 0.181. The molecule has 0 atom stereocenters. The van der Waals surface area contributed by atoms with Crippen LogP contribution in [0.25, 0.3) is 6.08 Å². The number of hydrogen-bond acceptors (Lipinski definition) is 7. The Morgan fingerprint density at radius 1 is 1.18 bits per heavy atom. The van der Waals surface area contributed by atoms with Crippen molar-refractivity contribution in [3.8, 4) is 17.4 Å². The van der Waals surface area contributed by atoms with Gasteiger partial charge < -0.3 is 9.47 Å². The Labute approximate surface area is 218 Å². The number of thioether (sulfide) groups is 1. The number of amides is 1. The summed E-state index contributed by atoms with van der Waals surface area (Å²) in [5.74, 6) is -0.903. The summed E-state index contributed by atoms with van der Waals surface area (Å²) in [6, 6.07) is 9.72. The number of carbonyl (C=O) groups excluding carboxylic acids is 1. The van der Waals surface area contributed by atoms with Gasteiger partial charge in [0.15, 0.2) is 15.8 Å². The molecule has 1 aliphatic heterocycles. The van der Waals surface area contributed by atoms with Crippen LogP contribution in [0.5, 0.6) is 17.4 Å². The molecule has 12 heteroatoms. The minimum atomic E-state index is -0.777.